The third-order valence-corrected chi connectivity index (χ3v) is 1.63. The van der Waals surface area contributed by atoms with Crippen molar-refractivity contribution in [1.29, 1.82) is 0 Å². The molecule has 2 rings (SSSR count). The molecule has 0 unspecified atom stereocenters. The highest BCUT2D eigenvalue weighted by Crippen LogP contribution is 2.21. The number of hydrogen-bond donors (Lipinski definition) is 1. The van der Waals surface area contributed by atoms with Gasteiger partial charge in [-0.2, -0.15) is 13.5 Å². The Labute approximate surface area is 76.2 Å². The van der Waals surface area contributed by atoms with Crippen LogP contribution >= 0.6 is 13.5 Å². The number of rotatable bonds is 0. The zero-order chi connectivity index (χ0) is 7.84. The van der Waals surface area contributed by atoms with Crippen molar-refractivity contribution in [2.45, 2.75) is 0 Å². The molecule has 3 nitrogen and oxygen atoms in total. The molecule has 0 aliphatic carbocycles. The highest BCUT2D eigenvalue weighted by atomic mass is 32.1. The van der Waals surface area contributed by atoms with Gasteiger partial charge >= 0.3 is 0 Å². The molecule has 1 heterocycles. The third kappa shape index (κ3) is 1.10. The second-order valence-corrected chi connectivity index (χ2v) is 2.33. The summed E-state index contributed by atoms with van der Waals surface area (Å²) >= 11 is 0. The maximum atomic E-state index is 11.0. The molecule has 0 spiro atoms. The Kier molecular flexibility index (Phi) is 2.19. The molecule has 1 aromatic carbocycles. The van der Waals surface area contributed by atoms with Crippen molar-refractivity contribution in [2.24, 2.45) is 0 Å². The molecule has 0 bridgehead atoms. The Morgan fingerprint density at radius 2 is 1.75 bits per heavy atom. The van der Waals surface area contributed by atoms with Gasteiger partial charge in [-0.15, -0.1) is 0 Å². The number of ketones is 1. The summed E-state index contributed by atoms with van der Waals surface area (Å²) in [6, 6.07) is 6.85. The van der Waals surface area contributed by atoms with Crippen LogP contribution in [-0.2, 0) is 4.79 Å². The van der Waals surface area contributed by atoms with Gasteiger partial charge in [0.25, 0.3) is 11.7 Å². The Hall–Kier alpha value is -1.29. The van der Waals surface area contributed by atoms with Gasteiger partial charge in [0, 0.05) is 0 Å². The van der Waals surface area contributed by atoms with Crippen molar-refractivity contribution in [1.82, 2.24) is 0 Å². The van der Waals surface area contributed by atoms with Crippen LogP contribution in [0.3, 0.4) is 0 Å². The average Bonchev–Trinajstić information content (AvgIpc) is 2.30. The maximum absolute atomic E-state index is 11.0. The second kappa shape index (κ2) is 2.98. The number of carbonyl (C=O) groups is 2. The van der Waals surface area contributed by atoms with E-state index in [1.54, 1.807) is 24.3 Å². The normalized spacial score (nSPS) is 13.3. The average molecular weight is 181 g/mol. The number of benzene rings is 1. The topological polar surface area (TPSA) is 46.2 Å². The van der Waals surface area contributed by atoms with Crippen LogP contribution in [0.5, 0.6) is 0 Å². The predicted molar refractivity (Wildman–Crippen MR) is 49.8 cm³/mol. The second-order valence-electron chi connectivity index (χ2n) is 2.33. The fraction of sp³-hybridized carbons (Fsp3) is 0. The van der Waals surface area contributed by atoms with Gasteiger partial charge in [0.2, 0.25) is 0 Å². The van der Waals surface area contributed by atoms with Crippen LogP contribution in [0.25, 0.3) is 0 Å². The molecule has 1 aliphatic heterocycles. The first-order chi connectivity index (χ1) is 5.29. The van der Waals surface area contributed by atoms with Crippen molar-refractivity contribution in [3.05, 3.63) is 29.8 Å². The van der Waals surface area contributed by atoms with Gasteiger partial charge in [-0.1, -0.05) is 12.1 Å². The molecule has 0 radical (unpaired) electrons. The molecule has 1 N–H and O–H groups in total. The molecule has 62 valence electrons. The van der Waals surface area contributed by atoms with E-state index < -0.39 is 11.7 Å². The zero-order valence-corrected chi connectivity index (χ0v) is 7.13. The van der Waals surface area contributed by atoms with Gasteiger partial charge in [0.05, 0.1) is 11.3 Å². The molecule has 0 fully saturated rings. The highest BCUT2D eigenvalue weighted by molar-refractivity contribution is 7.59. The minimum atomic E-state index is -0.536. The number of amides is 1. The number of hydrogen-bond acceptors (Lipinski definition) is 2. The summed E-state index contributed by atoms with van der Waals surface area (Å²) in [5.41, 5.74) is 1.08. The molecule has 4 heteroatoms. The molecule has 0 atom stereocenters. The standard InChI is InChI=1S/C8H5NO2.H2S/c10-7-5-3-1-2-4-6(5)9-8(7)11;/h1-4H,(H,9,10,11);1H2. The molecule has 0 saturated carbocycles. The summed E-state index contributed by atoms with van der Waals surface area (Å²) in [6.45, 7) is 0. The van der Waals surface area contributed by atoms with Crippen molar-refractivity contribution in [3.63, 3.8) is 0 Å². The van der Waals surface area contributed by atoms with Crippen LogP contribution in [0.2, 0.25) is 0 Å². The smallest absolute Gasteiger partial charge is 0.296 e. The number of anilines is 1. The van der Waals surface area contributed by atoms with Gasteiger partial charge in [-0.3, -0.25) is 9.59 Å². The molecule has 1 aromatic rings. The molecule has 1 aliphatic rings. The van der Waals surface area contributed by atoms with Gasteiger partial charge < -0.3 is 5.32 Å². The number of nitrogens with one attached hydrogen (secondary N) is 1. The van der Waals surface area contributed by atoms with E-state index in [9.17, 15) is 9.59 Å². The number of carbonyl (C=O) groups excluding carboxylic acids is 2. The van der Waals surface area contributed by atoms with E-state index in [1.165, 1.54) is 0 Å². The van der Waals surface area contributed by atoms with E-state index >= 15 is 0 Å². The summed E-state index contributed by atoms with van der Waals surface area (Å²) in [4.78, 5) is 21.8. The summed E-state index contributed by atoms with van der Waals surface area (Å²) < 4.78 is 0. The maximum Gasteiger partial charge on any atom is 0.296 e. The fourth-order valence-electron chi connectivity index (χ4n) is 1.09. The lowest BCUT2D eigenvalue weighted by Crippen LogP contribution is -2.12. The molecular formula is C8H7NO2S. The number of fused-ring (bicyclic) bond motifs is 1. The van der Waals surface area contributed by atoms with Crippen molar-refractivity contribution in [3.8, 4) is 0 Å². The van der Waals surface area contributed by atoms with Crippen LogP contribution in [0.4, 0.5) is 5.69 Å². The predicted octanol–water partition coefficient (Wildman–Crippen LogP) is 0.934. The molecule has 1 amide bonds. The van der Waals surface area contributed by atoms with E-state index in [0.29, 0.717) is 11.3 Å². The minimum absolute atomic E-state index is 0. The summed E-state index contributed by atoms with van der Waals surface area (Å²) in [5, 5.41) is 2.46. The van der Waals surface area contributed by atoms with Crippen LogP contribution in [0, 0.1) is 0 Å². The quantitative estimate of drug-likeness (QED) is 0.605. The van der Waals surface area contributed by atoms with Gasteiger partial charge in [0.15, 0.2) is 0 Å². The molecule has 0 saturated heterocycles. The lowest BCUT2D eigenvalue weighted by atomic mass is 10.1. The lowest BCUT2D eigenvalue weighted by Gasteiger charge is -1.91. The van der Waals surface area contributed by atoms with Crippen molar-refractivity contribution >= 4 is 30.9 Å². The van der Waals surface area contributed by atoms with Crippen LogP contribution < -0.4 is 5.32 Å². The molecule has 0 aromatic heterocycles. The third-order valence-electron chi connectivity index (χ3n) is 1.63. The first kappa shape index (κ1) is 8.80. The van der Waals surface area contributed by atoms with Crippen molar-refractivity contribution < 1.29 is 9.59 Å². The lowest BCUT2D eigenvalue weighted by molar-refractivity contribution is -0.112. The fourth-order valence-corrected chi connectivity index (χ4v) is 1.09. The summed E-state index contributed by atoms with van der Waals surface area (Å²) in [6.07, 6.45) is 0. The van der Waals surface area contributed by atoms with E-state index in [-0.39, 0.29) is 13.5 Å². The molecule has 12 heavy (non-hydrogen) atoms. The monoisotopic (exact) mass is 181 g/mol. The molecular weight excluding hydrogens is 174 g/mol. The number of para-hydroxylation sites is 1. The van der Waals surface area contributed by atoms with E-state index in [4.69, 9.17) is 0 Å². The Morgan fingerprint density at radius 3 is 2.42 bits per heavy atom. The summed E-state index contributed by atoms with van der Waals surface area (Å²) in [7, 11) is 0. The van der Waals surface area contributed by atoms with Crippen LogP contribution in [0.15, 0.2) is 24.3 Å². The zero-order valence-electron chi connectivity index (χ0n) is 6.13. The van der Waals surface area contributed by atoms with E-state index in [1.807, 2.05) is 0 Å². The Balaban J connectivity index is 0.000000720. The Bertz CT molecular complexity index is 349. The summed E-state index contributed by atoms with van der Waals surface area (Å²) in [5.74, 6) is -0.980. The highest BCUT2D eigenvalue weighted by Gasteiger charge is 2.26. The van der Waals surface area contributed by atoms with Gasteiger partial charge in [-0.25, -0.2) is 0 Å². The van der Waals surface area contributed by atoms with Gasteiger partial charge in [0.1, 0.15) is 0 Å². The minimum Gasteiger partial charge on any atom is -0.318 e. The first-order valence-corrected chi connectivity index (χ1v) is 3.24. The van der Waals surface area contributed by atoms with Crippen molar-refractivity contribution in [2.75, 3.05) is 5.32 Å². The van der Waals surface area contributed by atoms with E-state index in [0.717, 1.165) is 0 Å². The largest absolute Gasteiger partial charge is 0.318 e. The number of Topliss-reactive ketones (excluding diaryl/α,β-unsaturated/α-hetero) is 1. The Morgan fingerprint density at radius 1 is 1.08 bits per heavy atom. The van der Waals surface area contributed by atoms with Crippen LogP contribution in [-0.4, -0.2) is 11.7 Å². The van der Waals surface area contributed by atoms with Crippen LogP contribution in [0.1, 0.15) is 10.4 Å². The SMILES string of the molecule is O=C1Nc2ccccc2C1=O.S. The van der Waals surface area contributed by atoms with Gasteiger partial charge in [-0.05, 0) is 12.1 Å². The first-order valence-electron chi connectivity index (χ1n) is 3.24. The van der Waals surface area contributed by atoms with E-state index in [2.05, 4.69) is 5.32 Å².